The summed E-state index contributed by atoms with van der Waals surface area (Å²) in [6, 6.07) is 17.1. The molecule has 2 aromatic carbocycles. The second kappa shape index (κ2) is 8.55. The predicted molar refractivity (Wildman–Crippen MR) is 108 cm³/mol. The van der Waals surface area contributed by atoms with Gasteiger partial charge in [-0.25, -0.2) is 0 Å². The van der Waals surface area contributed by atoms with Crippen LogP contribution in [-0.4, -0.2) is 43.9 Å². The van der Waals surface area contributed by atoms with E-state index in [0.717, 1.165) is 11.3 Å². The van der Waals surface area contributed by atoms with Gasteiger partial charge in [0.15, 0.2) is 0 Å². The molecule has 1 heterocycles. The molecule has 0 aliphatic carbocycles. The summed E-state index contributed by atoms with van der Waals surface area (Å²) in [5.41, 5.74) is 1.88. The maximum atomic E-state index is 12.7. The number of anilines is 1. The molecular formula is C21H24ClN3O2. The lowest BCUT2D eigenvalue weighted by atomic mass is 10.0. The van der Waals surface area contributed by atoms with Gasteiger partial charge in [0.2, 0.25) is 11.8 Å². The summed E-state index contributed by atoms with van der Waals surface area (Å²) in [4.78, 5) is 28.7. The summed E-state index contributed by atoms with van der Waals surface area (Å²) in [5.74, 6) is -0.434. The molecular weight excluding hydrogens is 362 g/mol. The highest BCUT2D eigenvalue weighted by atomic mass is 35.5. The summed E-state index contributed by atoms with van der Waals surface area (Å²) in [6.07, 6.45) is 0.241. The predicted octanol–water partition coefficient (Wildman–Crippen LogP) is 3.11. The quantitative estimate of drug-likeness (QED) is 0.831. The molecule has 2 unspecified atom stereocenters. The average molecular weight is 386 g/mol. The van der Waals surface area contributed by atoms with Gasteiger partial charge >= 0.3 is 0 Å². The number of carbonyl (C=O) groups is 2. The van der Waals surface area contributed by atoms with E-state index in [4.69, 9.17) is 11.6 Å². The Morgan fingerprint density at radius 3 is 2.63 bits per heavy atom. The Kier molecular flexibility index (Phi) is 6.14. The number of nitrogens with zero attached hydrogens (tertiary/aromatic N) is 2. The Balaban J connectivity index is 1.62. The zero-order valence-electron chi connectivity index (χ0n) is 15.6. The normalized spacial score (nSPS) is 18.0. The van der Waals surface area contributed by atoms with Crippen LogP contribution in [-0.2, 0) is 9.59 Å². The molecule has 5 nitrogen and oxygen atoms in total. The van der Waals surface area contributed by atoms with Crippen LogP contribution in [0.4, 0.5) is 5.69 Å². The second-order valence-corrected chi connectivity index (χ2v) is 7.46. The molecule has 27 heavy (non-hydrogen) atoms. The highest BCUT2D eigenvalue weighted by Gasteiger charge is 2.35. The standard InChI is InChI=1S/C21H24ClN3O2/c1-24(2)19(15-7-6-8-17(22)11-15)13-23-21(27)16-12-20(26)25(14-16)18-9-4-3-5-10-18/h3-11,16,19H,12-14H2,1-2H3,(H,23,27). The summed E-state index contributed by atoms with van der Waals surface area (Å²) >= 11 is 6.10. The van der Waals surface area contributed by atoms with Crippen LogP contribution in [0.5, 0.6) is 0 Å². The fraction of sp³-hybridized carbons (Fsp3) is 0.333. The van der Waals surface area contributed by atoms with E-state index in [0.29, 0.717) is 18.1 Å². The van der Waals surface area contributed by atoms with Crippen LogP contribution in [0.3, 0.4) is 0 Å². The van der Waals surface area contributed by atoms with Crippen LogP contribution in [0.2, 0.25) is 5.02 Å². The monoisotopic (exact) mass is 385 g/mol. The van der Waals surface area contributed by atoms with Gasteiger partial charge < -0.3 is 15.1 Å². The minimum atomic E-state index is -0.333. The number of nitrogens with one attached hydrogen (secondary N) is 1. The maximum absolute atomic E-state index is 12.7. The average Bonchev–Trinajstić information content (AvgIpc) is 3.04. The van der Waals surface area contributed by atoms with Crippen molar-refractivity contribution in [3.63, 3.8) is 0 Å². The number of carbonyl (C=O) groups excluding carboxylic acids is 2. The summed E-state index contributed by atoms with van der Waals surface area (Å²) in [7, 11) is 3.93. The first-order valence-electron chi connectivity index (χ1n) is 9.00. The van der Waals surface area contributed by atoms with E-state index in [1.165, 1.54) is 0 Å². The molecule has 2 amide bonds. The van der Waals surface area contributed by atoms with Crippen molar-refractivity contribution < 1.29 is 9.59 Å². The third-order valence-corrected chi connectivity index (χ3v) is 5.13. The molecule has 1 fully saturated rings. The number of hydrogen-bond donors (Lipinski definition) is 1. The first-order chi connectivity index (χ1) is 13.0. The van der Waals surface area contributed by atoms with Crippen molar-refractivity contribution in [3.8, 4) is 0 Å². The van der Waals surface area contributed by atoms with Gasteiger partial charge in [-0.05, 0) is 43.9 Å². The van der Waals surface area contributed by atoms with Crippen LogP contribution in [0.25, 0.3) is 0 Å². The molecule has 0 bridgehead atoms. The molecule has 0 aromatic heterocycles. The van der Waals surface area contributed by atoms with E-state index in [9.17, 15) is 9.59 Å². The Morgan fingerprint density at radius 2 is 1.96 bits per heavy atom. The van der Waals surface area contributed by atoms with Crippen molar-refractivity contribution in [1.82, 2.24) is 10.2 Å². The molecule has 1 N–H and O–H groups in total. The van der Waals surface area contributed by atoms with E-state index in [1.807, 2.05) is 73.6 Å². The van der Waals surface area contributed by atoms with E-state index in [-0.39, 0.29) is 30.2 Å². The van der Waals surface area contributed by atoms with Crippen LogP contribution in [0.15, 0.2) is 54.6 Å². The molecule has 6 heteroatoms. The van der Waals surface area contributed by atoms with E-state index >= 15 is 0 Å². The number of rotatable bonds is 6. The second-order valence-electron chi connectivity index (χ2n) is 7.02. The third kappa shape index (κ3) is 4.67. The fourth-order valence-corrected chi connectivity index (χ4v) is 3.59. The zero-order chi connectivity index (χ0) is 19.4. The van der Waals surface area contributed by atoms with Gasteiger partial charge in [-0.15, -0.1) is 0 Å². The number of likely N-dealkylation sites (N-methyl/N-ethyl adjacent to an activating group) is 1. The van der Waals surface area contributed by atoms with Gasteiger partial charge in [0.1, 0.15) is 0 Å². The van der Waals surface area contributed by atoms with Crippen molar-refractivity contribution in [2.45, 2.75) is 12.5 Å². The van der Waals surface area contributed by atoms with Gasteiger partial charge in [0.05, 0.1) is 12.0 Å². The summed E-state index contributed by atoms with van der Waals surface area (Å²) in [5, 5.41) is 3.69. The summed E-state index contributed by atoms with van der Waals surface area (Å²) < 4.78 is 0. The number of benzene rings is 2. The van der Waals surface area contributed by atoms with Gasteiger partial charge in [-0.2, -0.15) is 0 Å². The van der Waals surface area contributed by atoms with Crippen LogP contribution >= 0.6 is 11.6 Å². The van der Waals surface area contributed by atoms with Crippen LogP contribution < -0.4 is 10.2 Å². The molecule has 0 radical (unpaired) electrons. The highest BCUT2D eigenvalue weighted by molar-refractivity contribution is 6.30. The minimum Gasteiger partial charge on any atom is -0.354 e. The van der Waals surface area contributed by atoms with Gasteiger partial charge in [-0.3, -0.25) is 9.59 Å². The Labute approximate surface area is 164 Å². The molecule has 0 saturated carbocycles. The number of hydrogen-bond acceptors (Lipinski definition) is 3. The highest BCUT2D eigenvalue weighted by Crippen LogP contribution is 2.25. The van der Waals surface area contributed by atoms with Gasteiger partial charge in [-0.1, -0.05) is 41.9 Å². The van der Waals surface area contributed by atoms with Gasteiger partial charge in [0, 0.05) is 30.2 Å². The molecule has 2 atom stereocenters. The van der Waals surface area contributed by atoms with Crippen LogP contribution in [0.1, 0.15) is 18.0 Å². The smallest absolute Gasteiger partial charge is 0.227 e. The number of halogens is 1. The SMILES string of the molecule is CN(C)C(CNC(=O)C1CC(=O)N(c2ccccc2)C1)c1cccc(Cl)c1. The number of para-hydroxylation sites is 1. The third-order valence-electron chi connectivity index (χ3n) is 4.89. The van der Waals surface area contributed by atoms with E-state index < -0.39 is 0 Å². The van der Waals surface area contributed by atoms with Crippen molar-refractivity contribution >= 4 is 29.1 Å². The van der Waals surface area contributed by atoms with E-state index in [1.54, 1.807) is 4.90 Å². The van der Waals surface area contributed by atoms with E-state index in [2.05, 4.69) is 5.32 Å². The lowest BCUT2D eigenvalue weighted by Gasteiger charge is -2.26. The molecule has 2 aromatic rings. The lowest BCUT2D eigenvalue weighted by molar-refractivity contribution is -0.126. The molecule has 3 rings (SSSR count). The minimum absolute atomic E-state index is 0.00924. The zero-order valence-corrected chi connectivity index (χ0v) is 16.3. The van der Waals surface area contributed by atoms with Crippen molar-refractivity contribution in [3.05, 3.63) is 65.2 Å². The fourth-order valence-electron chi connectivity index (χ4n) is 3.39. The van der Waals surface area contributed by atoms with Crippen molar-refractivity contribution in [1.29, 1.82) is 0 Å². The van der Waals surface area contributed by atoms with Crippen molar-refractivity contribution in [2.75, 3.05) is 32.1 Å². The van der Waals surface area contributed by atoms with Crippen molar-refractivity contribution in [2.24, 2.45) is 5.92 Å². The first kappa shape index (κ1) is 19.4. The molecule has 1 aliphatic heterocycles. The lowest BCUT2D eigenvalue weighted by Crippen LogP contribution is -2.38. The maximum Gasteiger partial charge on any atom is 0.227 e. The van der Waals surface area contributed by atoms with Gasteiger partial charge in [0.25, 0.3) is 0 Å². The largest absolute Gasteiger partial charge is 0.354 e. The number of amides is 2. The molecule has 1 aliphatic rings. The Hall–Kier alpha value is -2.37. The summed E-state index contributed by atoms with van der Waals surface area (Å²) in [6.45, 7) is 0.876. The molecule has 1 saturated heterocycles. The topological polar surface area (TPSA) is 52.7 Å². The van der Waals surface area contributed by atoms with Crippen LogP contribution in [0, 0.1) is 5.92 Å². The first-order valence-corrected chi connectivity index (χ1v) is 9.38. The molecule has 142 valence electrons. The Bertz CT molecular complexity index is 810. The Morgan fingerprint density at radius 1 is 1.22 bits per heavy atom. The molecule has 0 spiro atoms.